The van der Waals surface area contributed by atoms with Gasteiger partial charge in [0.15, 0.2) is 0 Å². The second-order valence-corrected chi connectivity index (χ2v) is 3.67. The molecular weight excluding hydrogens is 642 g/mol. The summed E-state index contributed by atoms with van der Waals surface area (Å²) in [6.07, 6.45) is 0. The zero-order chi connectivity index (χ0) is 13.5. The average molecular weight is 644 g/mol. The van der Waals surface area contributed by atoms with Crippen molar-refractivity contribution in [1.82, 2.24) is 0 Å². The van der Waals surface area contributed by atoms with Crippen LogP contribution in [0.1, 0.15) is 2.85 Å². The third kappa shape index (κ3) is 526. The molecule has 0 aromatic carbocycles. The fraction of sp³-hybridized carbons (Fsp3) is 0. The molecule has 0 fully saturated rings. The molecule has 0 N–H and O–H groups in total. The summed E-state index contributed by atoms with van der Waals surface area (Å²) >= 11 is 0. The minimum atomic E-state index is -5.17. The van der Waals surface area contributed by atoms with Gasteiger partial charge in [-0.25, -0.2) is 0 Å². The molecule has 0 bridgehead atoms. The van der Waals surface area contributed by atoms with Crippen LogP contribution in [0.4, 0.5) is 0 Å². The van der Waals surface area contributed by atoms with Gasteiger partial charge in [0.25, 0.3) is 0 Å². The van der Waals surface area contributed by atoms with Crippen LogP contribution >= 0.6 is 0 Å². The Morgan fingerprint density at radius 3 is 0.478 bits per heavy atom. The van der Waals surface area contributed by atoms with Crippen molar-refractivity contribution >= 4 is 65.9 Å². The SMILES string of the molecule is O=S(=O)([O-])[O-].O=S(=O)([O-])[O-].O=S(=O)([O-])[O-].[Al+3].[Al+3].[Cr].[Cr].[H-].[H-].[K+].[K+].[Ni].[Ni]. The summed E-state index contributed by atoms with van der Waals surface area (Å²) in [5.74, 6) is 0. The zero-order valence-electron chi connectivity index (χ0n) is 12.7. The van der Waals surface area contributed by atoms with Crippen molar-refractivity contribution in [3.63, 3.8) is 0 Å². The average Bonchev–Trinajstić information content (AvgIpc) is 1.41. The van der Waals surface area contributed by atoms with E-state index >= 15 is 0 Å². The third-order valence-electron chi connectivity index (χ3n) is 0. The maximum Gasteiger partial charge on any atom is 3.00 e. The van der Waals surface area contributed by atoms with Crippen LogP contribution in [-0.4, -0.2) is 87.3 Å². The molecule has 0 heterocycles. The van der Waals surface area contributed by atoms with Gasteiger partial charge in [-0.15, -0.1) is 0 Å². The molecule has 0 atom stereocenters. The summed E-state index contributed by atoms with van der Waals surface area (Å²) in [5.41, 5.74) is 0. The number of hydrogen-bond acceptors (Lipinski definition) is 12. The Morgan fingerprint density at radius 1 is 0.478 bits per heavy atom. The first kappa shape index (κ1) is 70.2. The van der Waals surface area contributed by atoms with Gasteiger partial charge in [-0.05, 0) is 0 Å². The number of rotatable bonds is 0. The molecular formula is H2Al2Cr2K2Ni2O12S3. The van der Waals surface area contributed by atoms with Crippen LogP contribution < -0.4 is 103 Å². The van der Waals surface area contributed by atoms with E-state index in [-0.39, 0.29) is 208 Å². The minimum Gasteiger partial charge on any atom is -1.00 e. The zero-order valence-corrected chi connectivity index (χ0v) is 26.3. The molecule has 0 aliphatic rings. The molecule has 0 saturated heterocycles. The Morgan fingerprint density at radius 2 is 0.478 bits per heavy atom. The van der Waals surface area contributed by atoms with Crippen molar-refractivity contribution in [1.29, 1.82) is 0 Å². The van der Waals surface area contributed by atoms with E-state index in [9.17, 15) is 0 Å². The topological polar surface area (TPSA) is 241 Å². The van der Waals surface area contributed by atoms with E-state index in [2.05, 4.69) is 0 Å². The van der Waals surface area contributed by atoms with Crippen LogP contribution in [0.3, 0.4) is 0 Å². The molecule has 0 unspecified atom stereocenters. The van der Waals surface area contributed by atoms with E-state index in [1.807, 2.05) is 0 Å². The first-order valence-corrected chi connectivity index (χ1v) is 6.00. The molecule has 0 saturated carbocycles. The Bertz CT molecular complexity index is 379. The summed E-state index contributed by atoms with van der Waals surface area (Å²) < 4.78 is 102. The van der Waals surface area contributed by atoms with Crippen LogP contribution in [0.25, 0.3) is 0 Å². The van der Waals surface area contributed by atoms with Crippen LogP contribution in [0.5, 0.6) is 0 Å². The van der Waals surface area contributed by atoms with Gasteiger partial charge in [-0.3, -0.25) is 25.3 Å². The molecule has 0 aromatic heterocycles. The van der Waals surface area contributed by atoms with E-state index in [1.165, 1.54) is 0 Å². The normalized spacial score (nSPS) is 7.57. The maximum absolute atomic E-state index is 8.52. The van der Waals surface area contributed by atoms with E-state index in [0.29, 0.717) is 0 Å². The molecule has 0 spiro atoms. The molecule has 12 nitrogen and oxygen atoms in total. The van der Waals surface area contributed by atoms with E-state index in [4.69, 9.17) is 52.6 Å². The molecule has 0 radical (unpaired) electrons. The molecule has 23 heteroatoms. The van der Waals surface area contributed by atoms with Crippen LogP contribution in [-0.2, 0) is 98.9 Å². The molecule has 0 rings (SSSR count). The van der Waals surface area contributed by atoms with Crippen molar-refractivity contribution in [2.45, 2.75) is 0 Å². The fourth-order valence-electron chi connectivity index (χ4n) is 0. The van der Waals surface area contributed by atoms with Gasteiger partial charge >= 0.3 is 137 Å². The summed E-state index contributed by atoms with van der Waals surface area (Å²) in [6.45, 7) is 0. The predicted molar refractivity (Wildman–Crippen MR) is 45.2 cm³/mol. The second kappa shape index (κ2) is 35.4. The summed E-state index contributed by atoms with van der Waals surface area (Å²) in [6, 6.07) is 0. The summed E-state index contributed by atoms with van der Waals surface area (Å²) in [5, 5.41) is 0. The van der Waals surface area contributed by atoms with Crippen molar-refractivity contribution in [3.05, 3.63) is 0 Å². The molecule has 0 aliphatic carbocycles. The van der Waals surface area contributed by atoms with E-state index in [1.54, 1.807) is 0 Å². The van der Waals surface area contributed by atoms with Gasteiger partial charge < -0.3 is 30.2 Å². The maximum atomic E-state index is 8.52. The van der Waals surface area contributed by atoms with Crippen molar-refractivity contribution in [2.75, 3.05) is 0 Å². The summed E-state index contributed by atoms with van der Waals surface area (Å²) in [7, 11) is -15.5. The Labute approximate surface area is 285 Å². The Hall–Kier alpha value is 6.00. The third-order valence-corrected chi connectivity index (χ3v) is 0. The molecule has 0 aliphatic heterocycles. The van der Waals surface area contributed by atoms with Gasteiger partial charge in [-0.1, -0.05) is 0 Å². The standard InChI is InChI=1S/2Al.2Cr.2K.2Ni.3H2O4S.2H/c;;;;;;;;3*1-5(2,3)4;;/h;;;;;;;;3*(H2,1,2,3,4);;/q2*+3;;;2*+1;;;;;;2*-1/p-6. The predicted octanol–water partition coefficient (Wildman–Crippen LogP) is -10.6. The van der Waals surface area contributed by atoms with Crippen molar-refractivity contribution < 1.29 is 226 Å². The van der Waals surface area contributed by atoms with Gasteiger partial charge in [-0.2, -0.15) is 0 Å². The van der Waals surface area contributed by atoms with E-state index < -0.39 is 31.2 Å². The second-order valence-electron chi connectivity index (χ2n) is 1.22. The first-order valence-electron chi connectivity index (χ1n) is 2.00. The largest absolute Gasteiger partial charge is 3.00 e. The number of hydrogen-bond donors (Lipinski definition) is 0. The smallest absolute Gasteiger partial charge is 1.00 e. The minimum absolute atomic E-state index is 0. The van der Waals surface area contributed by atoms with Gasteiger partial charge in [0.05, 0.1) is 0 Å². The van der Waals surface area contributed by atoms with Crippen molar-refractivity contribution in [3.8, 4) is 0 Å². The van der Waals surface area contributed by atoms with Gasteiger partial charge in [0.1, 0.15) is 0 Å². The molecule has 0 amide bonds. The van der Waals surface area contributed by atoms with Crippen LogP contribution in [0.2, 0.25) is 0 Å². The molecule has 132 valence electrons. The van der Waals surface area contributed by atoms with Crippen molar-refractivity contribution in [2.24, 2.45) is 0 Å². The monoisotopic (exact) mass is 642 g/mol. The first-order chi connectivity index (χ1) is 6.00. The van der Waals surface area contributed by atoms with Gasteiger partial charge in [0.2, 0.25) is 0 Å². The fourth-order valence-corrected chi connectivity index (χ4v) is 0. The molecule has 0 aromatic rings. The quantitative estimate of drug-likeness (QED) is 0.136. The Balaban J connectivity index is -0.00000000655. The molecule has 23 heavy (non-hydrogen) atoms. The Kier molecular flexibility index (Phi) is 108. The van der Waals surface area contributed by atoms with Crippen LogP contribution in [0, 0.1) is 0 Å². The van der Waals surface area contributed by atoms with Crippen LogP contribution in [0.15, 0.2) is 0 Å². The van der Waals surface area contributed by atoms with E-state index in [0.717, 1.165) is 0 Å². The van der Waals surface area contributed by atoms with Gasteiger partial charge in [0, 0.05) is 98.9 Å². The summed E-state index contributed by atoms with van der Waals surface area (Å²) in [4.78, 5) is 0.